The minimum atomic E-state index is -4.36. The largest absolute Gasteiger partial charge is 0.417 e. The number of aryl methyl sites for hydroxylation is 1. The van der Waals surface area contributed by atoms with E-state index in [4.69, 9.17) is 5.73 Å². The summed E-state index contributed by atoms with van der Waals surface area (Å²) in [5.74, 6) is 0. The SMILES string of the molecule is Cc1ccc(N)c(Sc2ccc(C(F)(F)F)cn2)c1. The zero-order valence-electron chi connectivity index (χ0n) is 10.0. The van der Waals surface area contributed by atoms with Crippen molar-refractivity contribution in [3.63, 3.8) is 0 Å². The predicted octanol–water partition coefficient (Wildman–Crippen LogP) is 4.14. The molecule has 0 bridgehead atoms. The van der Waals surface area contributed by atoms with Crippen molar-refractivity contribution in [3.05, 3.63) is 47.7 Å². The molecule has 0 atom stereocenters. The first-order chi connectivity index (χ1) is 8.86. The van der Waals surface area contributed by atoms with Gasteiger partial charge in [-0.15, -0.1) is 0 Å². The van der Waals surface area contributed by atoms with Gasteiger partial charge in [0.1, 0.15) is 5.03 Å². The van der Waals surface area contributed by atoms with Crippen molar-refractivity contribution in [1.82, 2.24) is 4.98 Å². The van der Waals surface area contributed by atoms with Gasteiger partial charge in [0.25, 0.3) is 0 Å². The van der Waals surface area contributed by atoms with E-state index in [0.717, 1.165) is 22.7 Å². The number of nitrogens with zero attached hydrogens (tertiary/aromatic N) is 1. The van der Waals surface area contributed by atoms with Crippen molar-refractivity contribution < 1.29 is 13.2 Å². The van der Waals surface area contributed by atoms with Gasteiger partial charge in [0, 0.05) is 16.8 Å². The van der Waals surface area contributed by atoms with Crippen molar-refractivity contribution in [2.75, 3.05) is 5.73 Å². The normalized spacial score (nSPS) is 11.6. The molecule has 1 aromatic heterocycles. The summed E-state index contributed by atoms with van der Waals surface area (Å²) in [5.41, 5.74) is 6.66. The summed E-state index contributed by atoms with van der Waals surface area (Å²) < 4.78 is 37.2. The van der Waals surface area contributed by atoms with Crippen LogP contribution in [0.1, 0.15) is 11.1 Å². The number of hydrogen-bond donors (Lipinski definition) is 1. The smallest absolute Gasteiger partial charge is 0.398 e. The summed E-state index contributed by atoms with van der Waals surface area (Å²) in [4.78, 5) is 4.58. The average molecular weight is 284 g/mol. The Labute approximate surface area is 112 Å². The predicted molar refractivity (Wildman–Crippen MR) is 69.0 cm³/mol. The number of rotatable bonds is 2. The number of benzene rings is 1. The van der Waals surface area contributed by atoms with Crippen molar-refractivity contribution >= 4 is 17.4 Å². The van der Waals surface area contributed by atoms with Crippen LogP contribution in [0.3, 0.4) is 0 Å². The quantitative estimate of drug-likeness (QED) is 0.842. The minimum absolute atomic E-state index is 0.477. The monoisotopic (exact) mass is 284 g/mol. The van der Waals surface area contributed by atoms with Crippen LogP contribution in [-0.4, -0.2) is 4.98 Å². The number of alkyl halides is 3. The number of pyridine rings is 1. The Morgan fingerprint density at radius 1 is 1.16 bits per heavy atom. The highest BCUT2D eigenvalue weighted by atomic mass is 32.2. The molecule has 0 aliphatic heterocycles. The lowest BCUT2D eigenvalue weighted by molar-refractivity contribution is -0.137. The fourth-order valence-corrected chi connectivity index (χ4v) is 2.35. The Kier molecular flexibility index (Phi) is 3.71. The third kappa shape index (κ3) is 3.41. The summed E-state index contributed by atoms with van der Waals surface area (Å²) in [7, 11) is 0. The lowest BCUT2D eigenvalue weighted by Crippen LogP contribution is -2.05. The maximum atomic E-state index is 12.4. The van der Waals surface area contributed by atoms with Gasteiger partial charge in [-0.3, -0.25) is 0 Å². The van der Waals surface area contributed by atoms with E-state index in [0.29, 0.717) is 10.7 Å². The molecule has 2 nitrogen and oxygen atoms in total. The second-order valence-corrected chi connectivity index (χ2v) is 5.09. The Morgan fingerprint density at radius 2 is 1.89 bits per heavy atom. The first-order valence-corrected chi connectivity index (χ1v) is 6.25. The molecular weight excluding hydrogens is 273 g/mol. The molecule has 0 fully saturated rings. The highest BCUT2D eigenvalue weighted by Crippen LogP contribution is 2.33. The Bertz CT molecular complexity index is 579. The zero-order chi connectivity index (χ0) is 14.0. The molecule has 0 amide bonds. The van der Waals surface area contributed by atoms with Crippen LogP contribution >= 0.6 is 11.8 Å². The number of halogens is 3. The molecule has 19 heavy (non-hydrogen) atoms. The van der Waals surface area contributed by atoms with E-state index in [1.165, 1.54) is 17.8 Å². The maximum absolute atomic E-state index is 12.4. The first kappa shape index (κ1) is 13.7. The molecule has 0 aliphatic carbocycles. The van der Waals surface area contributed by atoms with Gasteiger partial charge in [0.15, 0.2) is 0 Å². The second kappa shape index (κ2) is 5.13. The Morgan fingerprint density at radius 3 is 2.47 bits per heavy atom. The van der Waals surface area contributed by atoms with Gasteiger partial charge < -0.3 is 5.73 Å². The van der Waals surface area contributed by atoms with Gasteiger partial charge in [-0.05, 0) is 36.8 Å². The molecular formula is C13H11F3N2S. The molecule has 100 valence electrons. The molecule has 0 saturated heterocycles. The standard InChI is InChI=1S/C13H11F3N2S/c1-8-2-4-10(17)11(6-8)19-12-5-3-9(7-18-12)13(14,15)16/h2-7H,17H2,1H3. The number of nitrogens with two attached hydrogens (primary N) is 1. The second-order valence-electron chi connectivity index (χ2n) is 4.03. The number of hydrogen-bond acceptors (Lipinski definition) is 3. The van der Waals surface area contributed by atoms with Crippen LogP contribution in [0.2, 0.25) is 0 Å². The summed E-state index contributed by atoms with van der Waals surface area (Å²) in [6, 6.07) is 7.87. The average Bonchev–Trinajstić information content (AvgIpc) is 2.33. The van der Waals surface area contributed by atoms with Gasteiger partial charge in [-0.1, -0.05) is 17.8 Å². The minimum Gasteiger partial charge on any atom is -0.398 e. The molecule has 0 unspecified atom stereocenters. The third-order valence-electron chi connectivity index (χ3n) is 2.45. The highest BCUT2D eigenvalue weighted by molar-refractivity contribution is 7.99. The summed E-state index contributed by atoms with van der Waals surface area (Å²) in [6.07, 6.45) is -3.53. The van der Waals surface area contributed by atoms with Gasteiger partial charge in [0.05, 0.1) is 5.56 Å². The lowest BCUT2D eigenvalue weighted by atomic mass is 10.2. The number of aromatic nitrogens is 1. The molecule has 0 spiro atoms. The van der Waals surface area contributed by atoms with Crippen molar-refractivity contribution in [1.29, 1.82) is 0 Å². The van der Waals surface area contributed by atoms with Crippen LogP contribution < -0.4 is 5.73 Å². The first-order valence-electron chi connectivity index (χ1n) is 5.43. The molecule has 0 aliphatic rings. The van der Waals surface area contributed by atoms with Gasteiger partial charge in [-0.25, -0.2) is 4.98 Å². The summed E-state index contributed by atoms with van der Waals surface area (Å²) in [6.45, 7) is 1.92. The Balaban J connectivity index is 2.22. The molecule has 2 aromatic rings. The van der Waals surface area contributed by atoms with Crippen molar-refractivity contribution in [2.45, 2.75) is 23.0 Å². The van der Waals surface area contributed by atoms with E-state index in [2.05, 4.69) is 4.98 Å². The fourth-order valence-electron chi connectivity index (χ4n) is 1.45. The topological polar surface area (TPSA) is 38.9 Å². The number of anilines is 1. The summed E-state index contributed by atoms with van der Waals surface area (Å²) in [5, 5.41) is 0.477. The molecule has 0 saturated carbocycles. The van der Waals surface area contributed by atoms with E-state index in [-0.39, 0.29) is 0 Å². The van der Waals surface area contributed by atoms with E-state index >= 15 is 0 Å². The van der Waals surface area contributed by atoms with Gasteiger partial charge in [0.2, 0.25) is 0 Å². The molecule has 2 N–H and O–H groups in total. The van der Waals surface area contributed by atoms with Crippen LogP contribution in [0.5, 0.6) is 0 Å². The van der Waals surface area contributed by atoms with Crippen LogP contribution in [0, 0.1) is 6.92 Å². The fraction of sp³-hybridized carbons (Fsp3) is 0.154. The van der Waals surface area contributed by atoms with Crippen LogP contribution in [0.4, 0.5) is 18.9 Å². The molecule has 2 rings (SSSR count). The lowest BCUT2D eigenvalue weighted by Gasteiger charge is -2.08. The maximum Gasteiger partial charge on any atom is 0.417 e. The molecule has 1 heterocycles. The van der Waals surface area contributed by atoms with Crippen molar-refractivity contribution in [2.24, 2.45) is 0 Å². The summed E-state index contributed by atoms with van der Waals surface area (Å²) >= 11 is 1.24. The van der Waals surface area contributed by atoms with E-state index < -0.39 is 11.7 Å². The van der Waals surface area contributed by atoms with Crippen LogP contribution in [0.15, 0.2) is 46.5 Å². The molecule has 1 aromatic carbocycles. The number of nitrogen functional groups attached to an aromatic ring is 1. The van der Waals surface area contributed by atoms with Crippen molar-refractivity contribution in [3.8, 4) is 0 Å². The highest BCUT2D eigenvalue weighted by Gasteiger charge is 2.30. The van der Waals surface area contributed by atoms with Crippen LogP contribution in [-0.2, 0) is 6.18 Å². The molecule has 0 radical (unpaired) electrons. The van der Waals surface area contributed by atoms with Crippen LogP contribution in [0.25, 0.3) is 0 Å². The Hall–Kier alpha value is -1.69. The third-order valence-corrected chi connectivity index (χ3v) is 3.47. The molecule has 6 heteroatoms. The van der Waals surface area contributed by atoms with Gasteiger partial charge in [-0.2, -0.15) is 13.2 Å². The van der Waals surface area contributed by atoms with E-state index in [9.17, 15) is 13.2 Å². The zero-order valence-corrected chi connectivity index (χ0v) is 10.8. The van der Waals surface area contributed by atoms with Gasteiger partial charge >= 0.3 is 6.18 Å². The van der Waals surface area contributed by atoms with E-state index in [1.807, 2.05) is 19.1 Å². The van der Waals surface area contributed by atoms with E-state index in [1.54, 1.807) is 6.07 Å².